The fourth-order valence-corrected chi connectivity index (χ4v) is 4.55. The molecule has 0 unspecified atom stereocenters. The minimum atomic E-state index is 0.630. The highest BCUT2D eigenvalue weighted by Crippen LogP contribution is 2.37. The van der Waals surface area contributed by atoms with Crippen molar-refractivity contribution in [3.63, 3.8) is 0 Å². The summed E-state index contributed by atoms with van der Waals surface area (Å²) in [6.45, 7) is 7.31. The largest absolute Gasteiger partial charge is 0.304 e. The molecular weight excluding hydrogens is 481 g/mol. The van der Waals surface area contributed by atoms with Crippen LogP contribution in [0.4, 0.5) is 0 Å². The molecular formula is C24H24BrCl2N3. The summed E-state index contributed by atoms with van der Waals surface area (Å²) < 4.78 is 1.04. The summed E-state index contributed by atoms with van der Waals surface area (Å²) in [4.78, 5) is 10.0. The number of likely N-dealkylation sites (N-methyl/N-ethyl adjacent to an activating group) is 1. The lowest BCUT2D eigenvalue weighted by molar-refractivity contribution is 0.146. The lowest BCUT2D eigenvalue weighted by Gasteiger charge is -2.32. The first-order chi connectivity index (χ1) is 14.4. The van der Waals surface area contributed by atoms with Gasteiger partial charge in [-0.15, -0.1) is 0 Å². The minimum Gasteiger partial charge on any atom is -0.304 e. The molecule has 156 valence electrons. The summed E-state index contributed by atoms with van der Waals surface area (Å²) in [5.41, 5.74) is 6.28. The molecule has 1 aliphatic heterocycles. The van der Waals surface area contributed by atoms with Crippen LogP contribution in [0.1, 0.15) is 11.3 Å². The van der Waals surface area contributed by atoms with Crippen LogP contribution in [0.3, 0.4) is 0 Å². The molecule has 0 amide bonds. The molecule has 2 aromatic carbocycles. The number of nitrogens with zero attached hydrogens (tertiary/aromatic N) is 3. The van der Waals surface area contributed by atoms with Crippen LogP contribution in [-0.2, 0) is 6.54 Å². The zero-order chi connectivity index (χ0) is 21.3. The van der Waals surface area contributed by atoms with Gasteiger partial charge in [0.25, 0.3) is 0 Å². The third kappa shape index (κ3) is 4.90. The lowest BCUT2D eigenvalue weighted by atomic mass is 9.96. The van der Waals surface area contributed by atoms with Crippen LogP contribution in [0.2, 0.25) is 10.0 Å². The Morgan fingerprint density at radius 1 is 0.933 bits per heavy atom. The summed E-state index contributed by atoms with van der Waals surface area (Å²) in [5, 5.41) is 1.26. The maximum atomic E-state index is 6.58. The van der Waals surface area contributed by atoms with E-state index >= 15 is 0 Å². The molecule has 0 radical (unpaired) electrons. The van der Waals surface area contributed by atoms with E-state index in [9.17, 15) is 0 Å². The lowest BCUT2D eigenvalue weighted by Crippen LogP contribution is -2.44. The predicted molar refractivity (Wildman–Crippen MR) is 130 cm³/mol. The third-order valence-electron chi connectivity index (χ3n) is 5.63. The van der Waals surface area contributed by atoms with E-state index in [1.807, 2.05) is 24.3 Å². The maximum Gasteiger partial charge on any atom is 0.0784 e. The number of hydrogen-bond acceptors (Lipinski definition) is 3. The van der Waals surface area contributed by atoms with E-state index in [2.05, 4.69) is 57.9 Å². The molecule has 3 aromatic rings. The zero-order valence-corrected chi connectivity index (χ0v) is 20.2. The number of piperazine rings is 1. The van der Waals surface area contributed by atoms with Crippen molar-refractivity contribution in [1.82, 2.24) is 14.8 Å². The Kier molecular flexibility index (Phi) is 6.81. The molecule has 3 nitrogen and oxygen atoms in total. The molecule has 0 saturated carbocycles. The standard InChI is InChI=1S/C24H24BrCl2N3/c1-16-13-21(20-8-7-19(26)14-22(20)27)24(17-3-5-18(25)6-4-17)28-23(16)15-30-11-9-29(2)10-12-30/h3-8,13-14H,9-12,15H2,1-2H3. The van der Waals surface area contributed by atoms with Crippen molar-refractivity contribution >= 4 is 39.1 Å². The van der Waals surface area contributed by atoms with E-state index in [1.165, 1.54) is 5.56 Å². The highest BCUT2D eigenvalue weighted by Gasteiger charge is 2.19. The van der Waals surface area contributed by atoms with Crippen molar-refractivity contribution in [3.8, 4) is 22.4 Å². The van der Waals surface area contributed by atoms with Crippen LogP contribution in [0.5, 0.6) is 0 Å². The van der Waals surface area contributed by atoms with E-state index in [0.717, 1.165) is 65.3 Å². The molecule has 1 fully saturated rings. The third-order valence-corrected chi connectivity index (χ3v) is 6.70. The van der Waals surface area contributed by atoms with Gasteiger partial charge in [-0.2, -0.15) is 0 Å². The number of pyridine rings is 1. The molecule has 1 saturated heterocycles. The quantitative estimate of drug-likeness (QED) is 0.402. The molecule has 0 bridgehead atoms. The number of halogens is 3. The van der Waals surface area contributed by atoms with Gasteiger partial charge in [-0.3, -0.25) is 9.88 Å². The highest BCUT2D eigenvalue weighted by atomic mass is 79.9. The second kappa shape index (κ2) is 9.37. The molecule has 2 heterocycles. The minimum absolute atomic E-state index is 0.630. The molecule has 1 aliphatic rings. The van der Waals surface area contributed by atoms with Gasteiger partial charge < -0.3 is 4.90 Å². The zero-order valence-electron chi connectivity index (χ0n) is 17.1. The van der Waals surface area contributed by atoms with E-state index in [0.29, 0.717) is 10.0 Å². The van der Waals surface area contributed by atoms with Crippen LogP contribution >= 0.6 is 39.1 Å². The first-order valence-corrected chi connectivity index (χ1v) is 11.6. The van der Waals surface area contributed by atoms with Crippen LogP contribution in [0.15, 0.2) is 53.0 Å². The molecule has 0 N–H and O–H groups in total. The van der Waals surface area contributed by atoms with Gasteiger partial charge in [-0.1, -0.05) is 57.3 Å². The van der Waals surface area contributed by atoms with Crippen LogP contribution < -0.4 is 0 Å². The molecule has 0 atom stereocenters. The molecule has 0 aliphatic carbocycles. The van der Waals surface area contributed by atoms with Gasteiger partial charge >= 0.3 is 0 Å². The Morgan fingerprint density at radius 3 is 2.30 bits per heavy atom. The SMILES string of the molecule is Cc1cc(-c2ccc(Cl)cc2Cl)c(-c2ccc(Br)cc2)nc1CN1CCN(C)CC1. The summed E-state index contributed by atoms with van der Waals surface area (Å²) in [7, 11) is 2.18. The number of rotatable bonds is 4. The second-order valence-electron chi connectivity index (χ2n) is 7.86. The van der Waals surface area contributed by atoms with Gasteiger partial charge in [0.05, 0.1) is 11.4 Å². The average Bonchev–Trinajstić information content (AvgIpc) is 2.72. The molecule has 0 spiro atoms. The topological polar surface area (TPSA) is 19.4 Å². The number of aromatic nitrogens is 1. The first kappa shape index (κ1) is 21.8. The summed E-state index contributed by atoms with van der Waals surface area (Å²) in [6, 6.07) is 16.1. The monoisotopic (exact) mass is 503 g/mol. The molecule has 1 aromatic heterocycles. The number of aryl methyl sites for hydroxylation is 1. The maximum absolute atomic E-state index is 6.58. The number of benzene rings is 2. The van der Waals surface area contributed by atoms with E-state index in [-0.39, 0.29) is 0 Å². The van der Waals surface area contributed by atoms with Crippen molar-refractivity contribution in [2.45, 2.75) is 13.5 Å². The Balaban J connectivity index is 1.79. The van der Waals surface area contributed by atoms with Crippen molar-refractivity contribution in [3.05, 3.63) is 74.3 Å². The van der Waals surface area contributed by atoms with E-state index < -0.39 is 0 Å². The van der Waals surface area contributed by atoms with E-state index in [4.69, 9.17) is 28.2 Å². The smallest absolute Gasteiger partial charge is 0.0784 e. The van der Waals surface area contributed by atoms with Gasteiger partial charge in [-0.05, 0) is 49.9 Å². The Labute approximate surface area is 196 Å². The second-order valence-corrected chi connectivity index (χ2v) is 9.62. The average molecular weight is 505 g/mol. The summed E-state index contributed by atoms with van der Waals surface area (Å²) >= 11 is 16.2. The Hall–Kier alpha value is -1.43. The normalized spacial score (nSPS) is 15.5. The van der Waals surface area contributed by atoms with Gasteiger partial charge in [0.2, 0.25) is 0 Å². The van der Waals surface area contributed by atoms with Crippen LogP contribution in [0.25, 0.3) is 22.4 Å². The van der Waals surface area contributed by atoms with Crippen LogP contribution in [0, 0.1) is 6.92 Å². The first-order valence-electron chi connectivity index (χ1n) is 10.0. The molecule has 30 heavy (non-hydrogen) atoms. The van der Waals surface area contributed by atoms with Crippen molar-refractivity contribution in [1.29, 1.82) is 0 Å². The van der Waals surface area contributed by atoms with E-state index in [1.54, 1.807) is 6.07 Å². The predicted octanol–water partition coefficient (Wildman–Crippen LogP) is 6.54. The fourth-order valence-electron chi connectivity index (χ4n) is 3.77. The van der Waals surface area contributed by atoms with Gasteiger partial charge in [-0.25, -0.2) is 0 Å². The van der Waals surface area contributed by atoms with Gasteiger partial charge in [0, 0.05) is 63.9 Å². The van der Waals surface area contributed by atoms with Gasteiger partial charge in [0.1, 0.15) is 0 Å². The molecule has 6 heteroatoms. The van der Waals surface area contributed by atoms with Gasteiger partial charge in [0.15, 0.2) is 0 Å². The highest BCUT2D eigenvalue weighted by molar-refractivity contribution is 9.10. The van der Waals surface area contributed by atoms with Crippen LogP contribution in [-0.4, -0.2) is 48.0 Å². The number of hydrogen-bond donors (Lipinski definition) is 0. The fraction of sp³-hybridized carbons (Fsp3) is 0.292. The Bertz CT molecular complexity index is 1050. The van der Waals surface area contributed by atoms with Crippen molar-refractivity contribution in [2.75, 3.05) is 33.2 Å². The van der Waals surface area contributed by atoms with Crippen molar-refractivity contribution in [2.24, 2.45) is 0 Å². The summed E-state index contributed by atoms with van der Waals surface area (Å²) in [6.07, 6.45) is 0. The molecule has 4 rings (SSSR count). The summed E-state index contributed by atoms with van der Waals surface area (Å²) in [5.74, 6) is 0. The Morgan fingerprint density at radius 2 is 1.63 bits per heavy atom. The van der Waals surface area contributed by atoms with Crippen molar-refractivity contribution < 1.29 is 0 Å².